The lowest BCUT2D eigenvalue weighted by Gasteiger charge is -2.23. The van der Waals surface area contributed by atoms with E-state index in [1.54, 1.807) is 11.6 Å². The van der Waals surface area contributed by atoms with Crippen LogP contribution in [0.2, 0.25) is 0 Å². The van der Waals surface area contributed by atoms with E-state index in [9.17, 15) is 9.59 Å². The number of nitrogens with zero attached hydrogens (tertiary/aromatic N) is 4. The molecule has 0 spiro atoms. The van der Waals surface area contributed by atoms with E-state index in [0.717, 1.165) is 30.8 Å². The number of fused-ring (bicyclic) bond motifs is 1. The fourth-order valence-electron chi connectivity index (χ4n) is 3.59. The molecule has 2 aromatic heterocycles. The summed E-state index contributed by atoms with van der Waals surface area (Å²) >= 11 is 1.39. The molecule has 1 aliphatic heterocycles. The monoisotopic (exact) mass is 397 g/mol. The Morgan fingerprint density at radius 3 is 2.82 bits per heavy atom. The lowest BCUT2D eigenvalue weighted by molar-refractivity contribution is -0.122. The highest BCUT2D eigenvalue weighted by atomic mass is 32.1. The van der Waals surface area contributed by atoms with E-state index in [1.807, 2.05) is 42.2 Å². The number of benzene rings is 1. The molecule has 3 heterocycles. The predicted octanol–water partition coefficient (Wildman–Crippen LogP) is 2.24. The van der Waals surface area contributed by atoms with E-state index < -0.39 is 0 Å². The third kappa shape index (κ3) is 3.40. The summed E-state index contributed by atoms with van der Waals surface area (Å²) in [6, 6.07) is 9.60. The fourth-order valence-corrected chi connectivity index (χ4v) is 4.62. The number of hydrogen-bond donors (Lipinski definition) is 1. The molecule has 1 saturated heterocycles. The van der Waals surface area contributed by atoms with Crippen LogP contribution in [0.1, 0.15) is 31.2 Å². The summed E-state index contributed by atoms with van der Waals surface area (Å²) < 4.78 is 1.56. The summed E-state index contributed by atoms with van der Waals surface area (Å²) in [5.41, 5.74) is 1.32. The Bertz CT molecular complexity index is 1060. The highest BCUT2D eigenvalue weighted by molar-refractivity contribution is 7.21. The number of aromatic nitrogens is 3. The maximum absolute atomic E-state index is 12.8. The zero-order valence-corrected chi connectivity index (χ0v) is 16.8. The SMILES string of the molecule is CCc1nc2sc(N3CCC[C@@H]3C(=O)NCc3ccccc3)nc2c(=O)n1C. The second kappa shape index (κ2) is 7.71. The van der Waals surface area contributed by atoms with Crippen LogP contribution in [0.5, 0.6) is 0 Å². The largest absolute Gasteiger partial charge is 0.350 e. The van der Waals surface area contributed by atoms with Crippen molar-refractivity contribution >= 4 is 32.7 Å². The number of nitrogens with one attached hydrogen (secondary N) is 1. The number of carbonyl (C=O) groups is 1. The van der Waals surface area contributed by atoms with Gasteiger partial charge >= 0.3 is 0 Å². The molecule has 28 heavy (non-hydrogen) atoms. The highest BCUT2D eigenvalue weighted by Gasteiger charge is 2.33. The van der Waals surface area contributed by atoms with Gasteiger partial charge < -0.3 is 10.2 Å². The van der Waals surface area contributed by atoms with E-state index in [0.29, 0.717) is 28.4 Å². The lowest BCUT2D eigenvalue weighted by Crippen LogP contribution is -2.43. The minimum Gasteiger partial charge on any atom is -0.350 e. The zero-order chi connectivity index (χ0) is 19.7. The van der Waals surface area contributed by atoms with Crippen molar-refractivity contribution < 1.29 is 4.79 Å². The van der Waals surface area contributed by atoms with Gasteiger partial charge in [0.1, 0.15) is 11.9 Å². The average molecular weight is 398 g/mol. The average Bonchev–Trinajstić information content (AvgIpc) is 3.36. The van der Waals surface area contributed by atoms with Crippen LogP contribution in [0.15, 0.2) is 35.1 Å². The smallest absolute Gasteiger partial charge is 0.280 e. The van der Waals surface area contributed by atoms with Crippen molar-refractivity contribution in [1.29, 1.82) is 0 Å². The second-order valence-corrected chi connectivity index (χ2v) is 7.91. The van der Waals surface area contributed by atoms with Gasteiger partial charge in [0.2, 0.25) is 5.91 Å². The Kier molecular flexibility index (Phi) is 5.13. The molecular weight excluding hydrogens is 374 g/mol. The summed E-state index contributed by atoms with van der Waals surface area (Å²) in [6.45, 7) is 3.24. The van der Waals surface area contributed by atoms with Gasteiger partial charge in [-0.15, -0.1) is 0 Å². The second-order valence-electron chi connectivity index (χ2n) is 6.95. The normalized spacial score (nSPS) is 16.6. The van der Waals surface area contributed by atoms with Crippen LogP contribution in [0.3, 0.4) is 0 Å². The van der Waals surface area contributed by atoms with Crippen LogP contribution < -0.4 is 15.8 Å². The van der Waals surface area contributed by atoms with Crippen LogP contribution in [0.25, 0.3) is 10.3 Å². The molecule has 0 unspecified atom stereocenters. The van der Waals surface area contributed by atoms with E-state index in [2.05, 4.69) is 15.3 Å². The molecule has 4 rings (SSSR count). The Balaban J connectivity index is 1.57. The number of rotatable bonds is 5. The fraction of sp³-hybridized carbons (Fsp3) is 0.400. The van der Waals surface area contributed by atoms with Crippen LogP contribution in [0, 0.1) is 0 Å². The number of hydrogen-bond acceptors (Lipinski definition) is 6. The summed E-state index contributed by atoms with van der Waals surface area (Å²) in [4.78, 5) is 37.2. The van der Waals surface area contributed by atoms with Crippen LogP contribution in [-0.4, -0.2) is 33.0 Å². The molecule has 146 valence electrons. The molecule has 1 fully saturated rings. The summed E-state index contributed by atoms with van der Waals surface area (Å²) in [7, 11) is 1.72. The number of aryl methyl sites for hydroxylation is 1. The predicted molar refractivity (Wildman–Crippen MR) is 111 cm³/mol. The number of thiazole rings is 1. The maximum atomic E-state index is 12.8. The van der Waals surface area contributed by atoms with Crippen molar-refractivity contribution in [2.45, 2.75) is 38.8 Å². The summed E-state index contributed by atoms with van der Waals surface area (Å²) in [5, 5.41) is 3.73. The molecule has 1 aromatic carbocycles. The molecule has 1 atom stereocenters. The molecule has 8 heteroatoms. The van der Waals surface area contributed by atoms with Gasteiger partial charge in [0.05, 0.1) is 0 Å². The van der Waals surface area contributed by atoms with Gasteiger partial charge in [0, 0.05) is 26.6 Å². The molecule has 0 radical (unpaired) electrons. The van der Waals surface area contributed by atoms with Crippen molar-refractivity contribution in [3.8, 4) is 0 Å². The minimum absolute atomic E-state index is 0.00396. The van der Waals surface area contributed by atoms with Crippen molar-refractivity contribution in [1.82, 2.24) is 19.9 Å². The van der Waals surface area contributed by atoms with Gasteiger partial charge in [-0.05, 0) is 18.4 Å². The molecule has 1 amide bonds. The first-order valence-electron chi connectivity index (χ1n) is 9.53. The molecule has 0 aliphatic carbocycles. The van der Waals surface area contributed by atoms with Gasteiger partial charge in [-0.3, -0.25) is 14.2 Å². The van der Waals surface area contributed by atoms with E-state index in [-0.39, 0.29) is 17.5 Å². The molecule has 7 nitrogen and oxygen atoms in total. The first kappa shape index (κ1) is 18.6. The van der Waals surface area contributed by atoms with E-state index in [1.165, 1.54) is 11.3 Å². The van der Waals surface area contributed by atoms with Crippen LogP contribution >= 0.6 is 11.3 Å². The molecule has 0 bridgehead atoms. The lowest BCUT2D eigenvalue weighted by atomic mass is 10.2. The first-order chi connectivity index (χ1) is 13.6. The maximum Gasteiger partial charge on any atom is 0.280 e. The topological polar surface area (TPSA) is 80.1 Å². The standard InChI is InChI=1S/C20H23N5O2S/c1-3-15-22-18-16(19(27)24(15)2)23-20(28-18)25-11-7-10-14(25)17(26)21-12-13-8-5-4-6-9-13/h4-6,8-9,14H,3,7,10-12H2,1-2H3,(H,21,26)/t14-/m1/s1. The van der Waals surface area contributed by atoms with Crippen LogP contribution in [0.4, 0.5) is 5.13 Å². The van der Waals surface area contributed by atoms with Gasteiger partial charge in [0.15, 0.2) is 15.5 Å². The molecule has 1 N–H and O–H groups in total. The van der Waals surface area contributed by atoms with Crippen LogP contribution in [-0.2, 0) is 24.8 Å². The number of carbonyl (C=O) groups excluding carboxylic acids is 1. The quantitative estimate of drug-likeness (QED) is 0.714. The molecule has 1 aliphatic rings. The van der Waals surface area contributed by atoms with Crippen molar-refractivity contribution in [3.05, 3.63) is 52.1 Å². The van der Waals surface area contributed by atoms with Gasteiger partial charge in [-0.2, -0.15) is 0 Å². The van der Waals surface area contributed by atoms with Gasteiger partial charge in [-0.25, -0.2) is 9.97 Å². The van der Waals surface area contributed by atoms with E-state index >= 15 is 0 Å². The summed E-state index contributed by atoms with van der Waals surface area (Å²) in [6.07, 6.45) is 2.39. The van der Waals surface area contributed by atoms with Crippen molar-refractivity contribution in [2.75, 3.05) is 11.4 Å². The highest BCUT2D eigenvalue weighted by Crippen LogP contribution is 2.31. The molecule has 0 saturated carbocycles. The van der Waals surface area contributed by atoms with E-state index in [4.69, 9.17) is 0 Å². The Morgan fingerprint density at radius 2 is 2.07 bits per heavy atom. The Hall–Kier alpha value is -2.74. The third-order valence-corrected chi connectivity index (χ3v) is 6.14. The first-order valence-corrected chi connectivity index (χ1v) is 10.3. The molecule has 3 aromatic rings. The Morgan fingerprint density at radius 1 is 1.29 bits per heavy atom. The number of amides is 1. The minimum atomic E-state index is -0.265. The van der Waals surface area contributed by atoms with Gasteiger partial charge in [-0.1, -0.05) is 48.6 Å². The zero-order valence-electron chi connectivity index (χ0n) is 16.0. The number of anilines is 1. The van der Waals surface area contributed by atoms with Crippen molar-refractivity contribution in [3.63, 3.8) is 0 Å². The summed E-state index contributed by atoms with van der Waals surface area (Å²) in [5.74, 6) is 0.738. The van der Waals surface area contributed by atoms with Gasteiger partial charge in [0.25, 0.3) is 5.56 Å². The van der Waals surface area contributed by atoms with Crippen molar-refractivity contribution in [2.24, 2.45) is 7.05 Å². The Labute approximate surface area is 167 Å². The molecular formula is C20H23N5O2S. The third-order valence-electron chi connectivity index (χ3n) is 5.15.